The highest BCUT2D eigenvalue weighted by molar-refractivity contribution is 7.13. The Hall–Kier alpha value is -1.34. The SMILES string of the molecule is CCNC(=NCCN1CCCCC1CC)NCCc1csc(N2CCCC2)n1. The van der Waals surface area contributed by atoms with Crippen LogP contribution in [0.2, 0.25) is 0 Å². The normalized spacial score (nSPS) is 21.3. The molecule has 1 unspecified atom stereocenters. The van der Waals surface area contributed by atoms with Gasteiger partial charge in [-0.25, -0.2) is 4.98 Å². The fourth-order valence-corrected chi connectivity index (χ4v) is 5.14. The van der Waals surface area contributed by atoms with E-state index in [1.165, 1.54) is 69.0 Å². The molecule has 158 valence electrons. The molecule has 2 fully saturated rings. The number of thiazole rings is 1. The highest BCUT2D eigenvalue weighted by Gasteiger charge is 2.20. The molecule has 0 saturated carbocycles. The number of nitrogens with one attached hydrogen (secondary N) is 2. The largest absolute Gasteiger partial charge is 0.357 e. The van der Waals surface area contributed by atoms with E-state index in [2.05, 4.69) is 39.7 Å². The Labute approximate surface area is 174 Å². The minimum absolute atomic E-state index is 0.758. The molecule has 2 aliphatic rings. The van der Waals surface area contributed by atoms with Gasteiger partial charge in [0.25, 0.3) is 0 Å². The van der Waals surface area contributed by atoms with E-state index in [-0.39, 0.29) is 0 Å². The van der Waals surface area contributed by atoms with Gasteiger partial charge in [0.1, 0.15) is 0 Å². The van der Waals surface area contributed by atoms with Crippen molar-refractivity contribution in [3.05, 3.63) is 11.1 Å². The molecule has 0 aliphatic carbocycles. The van der Waals surface area contributed by atoms with Gasteiger partial charge in [-0.15, -0.1) is 11.3 Å². The number of piperidine rings is 1. The first-order chi connectivity index (χ1) is 13.8. The van der Waals surface area contributed by atoms with E-state index in [1.807, 2.05) is 0 Å². The molecule has 2 saturated heterocycles. The summed E-state index contributed by atoms with van der Waals surface area (Å²) in [5, 5.41) is 10.3. The molecule has 2 aliphatic heterocycles. The third kappa shape index (κ3) is 6.34. The lowest BCUT2D eigenvalue weighted by Crippen LogP contribution is -2.42. The Bertz CT molecular complexity index is 595. The molecule has 0 spiro atoms. The molecular weight excluding hydrogens is 368 g/mol. The molecule has 2 N–H and O–H groups in total. The summed E-state index contributed by atoms with van der Waals surface area (Å²) in [6.45, 7) is 11.7. The standard InChI is InChI=1S/C21H38N6S/c1-3-19-9-5-6-13-26(19)16-12-24-20(22-4-2)23-11-10-18-17-28-21(25-18)27-14-7-8-15-27/h17,19H,3-16H2,1-2H3,(H2,22,23,24). The Morgan fingerprint density at radius 2 is 2.00 bits per heavy atom. The lowest BCUT2D eigenvalue weighted by molar-refractivity contribution is 0.148. The van der Waals surface area contributed by atoms with Gasteiger partial charge in [-0.2, -0.15) is 0 Å². The van der Waals surface area contributed by atoms with Crippen molar-refractivity contribution in [2.75, 3.05) is 50.7 Å². The van der Waals surface area contributed by atoms with E-state index in [0.717, 1.165) is 44.6 Å². The van der Waals surface area contributed by atoms with Gasteiger partial charge in [-0.3, -0.25) is 9.89 Å². The number of anilines is 1. The number of likely N-dealkylation sites (tertiary alicyclic amines) is 1. The first-order valence-corrected chi connectivity index (χ1v) is 12.1. The van der Waals surface area contributed by atoms with Crippen molar-refractivity contribution >= 4 is 22.4 Å². The topological polar surface area (TPSA) is 55.8 Å². The van der Waals surface area contributed by atoms with Crippen molar-refractivity contribution in [1.82, 2.24) is 20.5 Å². The van der Waals surface area contributed by atoms with Gasteiger partial charge in [0.2, 0.25) is 0 Å². The number of rotatable bonds is 9. The summed E-state index contributed by atoms with van der Waals surface area (Å²) in [5.74, 6) is 0.933. The van der Waals surface area contributed by atoms with Gasteiger partial charge in [-0.1, -0.05) is 13.3 Å². The number of hydrogen-bond donors (Lipinski definition) is 2. The van der Waals surface area contributed by atoms with Crippen LogP contribution in [0.4, 0.5) is 5.13 Å². The van der Waals surface area contributed by atoms with E-state index in [4.69, 9.17) is 9.98 Å². The summed E-state index contributed by atoms with van der Waals surface area (Å²) in [6, 6.07) is 0.758. The molecule has 28 heavy (non-hydrogen) atoms. The van der Waals surface area contributed by atoms with Crippen molar-refractivity contribution in [1.29, 1.82) is 0 Å². The van der Waals surface area contributed by atoms with Gasteiger partial charge in [0.05, 0.1) is 12.2 Å². The molecule has 1 aromatic heterocycles. The molecule has 7 heteroatoms. The molecule has 0 amide bonds. The summed E-state index contributed by atoms with van der Waals surface area (Å²) < 4.78 is 0. The number of aliphatic imine (C=N–C) groups is 1. The second-order valence-electron chi connectivity index (χ2n) is 7.85. The lowest BCUT2D eigenvalue weighted by atomic mass is 10.0. The van der Waals surface area contributed by atoms with Crippen LogP contribution in [0, 0.1) is 0 Å². The zero-order chi connectivity index (χ0) is 19.6. The summed E-state index contributed by atoms with van der Waals surface area (Å²) >= 11 is 1.78. The third-order valence-electron chi connectivity index (χ3n) is 5.81. The maximum absolute atomic E-state index is 4.81. The van der Waals surface area contributed by atoms with E-state index < -0.39 is 0 Å². The Balaban J connectivity index is 1.41. The zero-order valence-electron chi connectivity index (χ0n) is 17.8. The van der Waals surface area contributed by atoms with Gasteiger partial charge < -0.3 is 15.5 Å². The van der Waals surface area contributed by atoms with Crippen LogP contribution in [0.3, 0.4) is 0 Å². The number of guanidine groups is 1. The molecule has 3 heterocycles. The number of aromatic nitrogens is 1. The summed E-state index contributed by atoms with van der Waals surface area (Å²) in [6.07, 6.45) is 8.88. The van der Waals surface area contributed by atoms with Crippen molar-refractivity contribution < 1.29 is 0 Å². The Morgan fingerprint density at radius 1 is 1.18 bits per heavy atom. The monoisotopic (exact) mass is 406 g/mol. The molecule has 1 aromatic rings. The first-order valence-electron chi connectivity index (χ1n) is 11.3. The van der Waals surface area contributed by atoms with Gasteiger partial charge in [-0.05, 0) is 45.6 Å². The lowest BCUT2D eigenvalue weighted by Gasteiger charge is -2.34. The summed E-state index contributed by atoms with van der Waals surface area (Å²) in [7, 11) is 0. The minimum Gasteiger partial charge on any atom is -0.357 e. The maximum atomic E-state index is 4.81. The summed E-state index contributed by atoms with van der Waals surface area (Å²) in [5.41, 5.74) is 1.19. The molecular formula is C21H38N6S. The minimum atomic E-state index is 0.758. The molecule has 6 nitrogen and oxygen atoms in total. The third-order valence-corrected chi connectivity index (χ3v) is 6.76. The van der Waals surface area contributed by atoms with E-state index in [9.17, 15) is 0 Å². The van der Waals surface area contributed by atoms with Crippen LogP contribution >= 0.6 is 11.3 Å². The quantitative estimate of drug-likeness (QED) is 0.487. The second kappa shape index (κ2) is 11.6. The first kappa shape index (κ1) is 21.4. The fourth-order valence-electron chi connectivity index (χ4n) is 4.22. The molecule has 3 rings (SSSR count). The van der Waals surface area contributed by atoms with Crippen molar-refractivity contribution in [2.45, 2.75) is 64.8 Å². The fraction of sp³-hybridized carbons (Fsp3) is 0.810. The zero-order valence-corrected chi connectivity index (χ0v) is 18.6. The van der Waals surface area contributed by atoms with Gasteiger partial charge in [0.15, 0.2) is 11.1 Å². The predicted octanol–water partition coefficient (Wildman–Crippen LogP) is 3.11. The van der Waals surface area contributed by atoms with E-state index in [0.29, 0.717) is 0 Å². The highest BCUT2D eigenvalue weighted by atomic mass is 32.1. The van der Waals surface area contributed by atoms with Gasteiger partial charge >= 0.3 is 0 Å². The van der Waals surface area contributed by atoms with Crippen LogP contribution in [0.15, 0.2) is 10.4 Å². The van der Waals surface area contributed by atoms with Crippen LogP contribution in [0.5, 0.6) is 0 Å². The van der Waals surface area contributed by atoms with Crippen LogP contribution < -0.4 is 15.5 Å². The van der Waals surface area contributed by atoms with Gasteiger partial charge in [0, 0.05) is 50.6 Å². The van der Waals surface area contributed by atoms with Crippen LogP contribution in [0.1, 0.15) is 58.1 Å². The second-order valence-corrected chi connectivity index (χ2v) is 8.68. The van der Waals surface area contributed by atoms with Crippen molar-refractivity contribution in [2.24, 2.45) is 4.99 Å². The smallest absolute Gasteiger partial charge is 0.191 e. The van der Waals surface area contributed by atoms with E-state index in [1.54, 1.807) is 11.3 Å². The molecule has 0 aromatic carbocycles. The maximum Gasteiger partial charge on any atom is 0.191 e. The van der Waals surface area contributed by atoms with Crippen molar-refractivity contribution in [3.8, 4) is 0 Å². The summed E-state index contributed by atoms with van der Waals surface area (Å²) in [4.78, 5) is 14.7. The number of hydrogen-bond acceptors (Lipinski definition) is 5. The Kier molecular flexibility index (Phi) is 8.86. The predicted molar refractivity (Wildman–Crippen MR) is 121 cm³/mol. The Morgan fingerprint density at radius 3 is 2.79 bits per heavy atom. The van der Waals surface area contributed by atoms with Crippen LogP contribution in [-0.2, 0) is 6.42 Å². The number of nitrogens with zero attached hydrogens (tertiary/aromatic N) is 4. The average molecular weight is 407 g/mol. The van der Waals surface area contributed by atoms with E-state index >= 15 is 0 Å². The van der Waals surface area contributed by atoms with Crippen LogP contribution in [0.25, 0.3) is 0 Å². The molecule has 0 bridgehead atoms. The highest BCUT2D eigenvalue weighted by Crippen LogP contribution is 2.24. The van der Waals surface area contributed by atoms with Crippen LogP contribution in [-0.4, -0.2) is 67.7 Å². The molecule has 0 radical (unpaired) electrons. The molecule has 1 atom stereocenters. The van der Waals surface area contributed by atoms with Crippen molar-refractivity contribution in [3.63, 3.8) is 0 Å². The average Bonchev–Trinajstić information content (AvgIpc) is 3.40.